The first-order valence-electron chi connectivity index (χ1n) is 9.45. The maximum Gasteiger partial charge on any atom is 0.246 e. The number of ether oxygens (including phenoxy) is 1. The van der Waals surface area contributed by atoms with Gasteiger partial charge in [-0.25, -0.2) is 0 Å². The van der Waals surface area contributed by atoms with E-state index in [9.17, 15) is 4.79 Å². The zero-order valence-electron chi connectivity index (χ0n) is 16.8. The van der Waals surface area contributed by atoms with Crippen LogP contribution in [0.25, 0.3) is 0 Å². The highest BCUT2D eigenvalue weighted by Gasteiger charge is 2.36. The fourth-order valence-electron chi connectivity index (χ4n) is 3.78. The molecule has 0 bridgehead atoms. The Labute approximate surface area is 161 Å². The van der Waals surface area contributed by atoms with E-state index in [1.807, 2.05) is 18.1 Å². The number of amides is 1. The van der Waals surface area contributed by atoms with Gasteiger partial charge in [0.2, 0.25) is 5.91 Å². The number of carbonyl (C=O) groups excluding carboxylic acids is 1. The van der Waals surface area contributed by atoms with Crippen molar-refractivity contribution in [3.05, 3.63) is 12.4 Å². The molecule has 3 heterocycles. The highest BCUT2D eigenvalue weighted by atomic mass is 16.5. The van der Waals surface area contributed by atoms with Gasteiger partial charge in [0.15, 0.2) is 5.96 Å². The molecule has 2 fully saturated rings. The monoisotopic (exact) mass is 377 g/mol. The summed E-state index contributed by atoms with van der Waals surface area (Å²) in [6.45, 7) is 4.01. The Morgan fingerprint density at radius 1 is 1.37 bits per heavy atom. The first kappa shape index (κ1) is 19.6. The molecule has 150 valence electrons. The molecule has 1 aromatic rings. The fraction of sp³-hybridized carbons (Fsp3) is 0.722. The SMILES string of the molecule is CN=C(NCC1(N(C)C)CCOCC1)N1CCN(c2cnn(C)c2)C(=O)C1. The predicted molar refractivity (Wildman–Crippen MR) is 105 cm³/mol. The number of anilines is 1. The number of aryl methyl sites for hydroxylation is 1. The highest BCUT2D eigenvalue weighted by molar-refractivity contribution is 5.98. The fourth-order valence-corrected chi connectivity index (χ4v) is 3.78. The molecule has 2 aliphatic heterocycles. The van der Waals surface area contributed by atoms with E-state index in [1.54, 1.807) is 22.8 Å². The van der Waals surface area contributed by atoms with Crippen molar-refractivity contribution in [1.82, 2.24) is 24.9 Å². The van der Waals surface area contributed by atoms with Crippen LogP contribution in [0, 0.1) is 0 Å². The number of rotatable bonds is 4. The van der Waals surface area contributed by atoms with Crippen molar-refractivity contribution in [3.8, 4) is 0 Å². The van der Waals surface area contributed by atoms with Gasteiger partial charge >= 0.3 is 0 Å². The molecule has 0 aromatic carbocycles. The van der Waals surface area contributed by atoms with Gasteiger partial charge in [-0.3, -0.25) is 14.5 Å². The lowest BCUT2D eigenvalue weighted by atomic mass is 9.88. The van der Waals surface area contributed by atoms with E-state index in [0.717, 1.165) is 50.8 Å². The third-order valence-corrected chi connectivity index (χ3v) is 5.68. The van der Waals surface area contributed by atoms with E-state index in [2.05, 4.69) is 34.4 Å². The van der Waals surface area contributed by atoms with Crippen LogP contribution in [0.4, 0.5) is 5.69 Å². The summed E-state index contributed by atoms with van der Waals surface area (Å²) in [6, 6.07) is 0. The van der Waals surface area contributed by atoms with Crippen molar-refractivity contribution in [2.45, 2.75) is 18.4 Å². The van der Waals surface area contributed by atoms with E-state index >= 15 is 0 Å². The van der Waals surface area contributed by atoms with Gasteiger partial charge in [-0.05, 0) is 26.9 Å². The Kier molecular flexibility index (Phi) is 6.01. The number of aliphatic imine (C=N–C) groups is 1. The Hall–Kier alpha value is -2.13. The molecule has 1 amide bonds. The van der Waals surface area contributed by atoms with Gasteiger partial charge in [-0.2, -0.15) is 5.10 Å². The molecule has 0 unspecified atom stereocenters. The van der Waals surface area contributed by atoms with E-state index in [-0.39, 0.29) is 11.4 Å². The number of piperazine rings is 1. The second-order valence-corrected chi connectivity index (χ2v) is 7.47. The van der Waals surface area contributed by atoms with Crippen molar-refractivity contribution >= 4 is 17.6 Å². The molecule has 3 rings (SSSR count). The smallest absolute Gasteiger partial charge is 0.246 e. The van der Waals surface area contributed by atoms with Gasteiger partial charge in [-0.15, -0.1) is 0 Å². The standard InChI is InChI=1S/C18H31N7O2/c1-19-17(20-14-18(22(2)3)5-9-27-10-6-18)24-7-8-25(16(26)13-24)15-11-21-23(4)12-15/h11-12H,5-10,13-14H2,1-4H3,(H,19,20). The molecule has 9 heteroatoms. The van der Waals surface area contributed by atoms with Crippen molar-refractivity contribution < 1.29 is 9.53 Å². The molecule has 1 N–H and O–H groups in total. The lowest BCUT2D eigenvalue weighted by molar-refractivity contribution is -0.120. The minimum absolute atomic E-state index is 0.0513. The highest BCUT2D eigenvalue weighted by Crippen LogP contribution is 2.25. The van der Waals surface area contributed by atoms with Crippen LogP contribution in [0.5, 0.6) is 0 Å². The maximum atomic E-state index is 12.7. The van der Waals surface area contributed by atoms with Crippen LogP contribution in [0.3, 0.4) is 0 Å². The summed E-state index contributed by atoms with van der Waals surface area (Å²) in [5.41, 5.74) is 0.897. The molecular weight excluding hydrogens is 346 g/mol. The molecule has 0 radical (unpaired) electrons. The normalized spacial score (nSPS) is 21.1. The molecular formula is C18H31N7O2. The molecule has 2 aliphatic rings. The predicted octanol–water partition coefficient (Wildman–Crippen LogP) is -0.245. The first-order valence-corrected chi connectivity index (χ1v) is 9.45. The van der Waals surface area contributed by atoms with Crippen LogP contribution in [0.15, 0.2) is 17.4 Å². The van der Waals surface area contributed by atoms with Gasteiger partial charge in [-0.1, -0.05) is 0 Å². The number of aromatic nitrogens is 2. The van der Waals surface area contributed by atoms with Crippen LogP contribution in [-0.2, 0) is 16.6 Å². The lowest BCUT2D eigenvalue weighted by Gasteiger charge is -2.44. The zero-order chi connectivity index (χ0) is 19.4. The largest absolute Gasteiger partial charge is 0.381 e. The third kappa shape index (κ3) is 4.24. The summed E-state index contributed by atoms with van der Waals surface area (Å²) in [5.74, 6) is 0.840. The maximum absolute atomic E-state index is 12.7. The van der Waals surface area contributed by atoms with E-state index in [0.29, 0.717) is 13.1 Å². The average Bonchev–Trinajstić information content (AvgIpc) is 3.09. The first-order chi connectivity index (χ1) is 12.9. The molecule has 2 saturated heterocycles. The van der Waals surface area contributed by atoms with Crippen LogP contribution in [-0.4, -0.2) is 97.5 Å². The molecule has 0 aliphatic carbocycles. The molecule has 0 spiro atoms. The van der Waals surface area contributed by atoms with Gasteiger partial charge in [0.25, 0.3) is 0 Å². The Morgan fingerprint density at radius 2 is 2.11 bits per heavy atom. The van der Waals surface area contributed by atoms with Crippen LogP contribution < -0.4 is 10.2 Å². The summed E-state index contributed by atoms with van der Waals surface area (Å²) in [4.78, 5) is 23.2. The Bertz CT molecular complexity index is 679. The minimum atomic E-state index is 0.0513. The van der Waals surface area contributed by atoms with Crippen LogP contribution in [0.2, 0.25) is 0 Å². The van der Waals surface area contributed by atoms with Crippen LogP contribution in [0.1, 0.15) is 12.8 Å². The summed E-state index contributed by atoms with van der Waals surface area (Å²) >= 11 is 0. The van der Waals surface area contributed by atoms with Crippen molar-refractivity contribution in [2.24, 2.45) is 12.0 Å². The van der Waals surface area contributed by atoms with E-state index in [4.69, 9.17) is 4.74 Å². The lowest BCUT2D eigenvalue weighted by Crippen LogP contribution is -2.60. The minimum Gasteiger partial charge on any atom is -0.381 e. The van der Waals surface area contributed by atoms with Crippen molar-refractivity contribution in [2.75, 3.05) is 65.4 Å². The molecule has 9 nitrogen and oxygen atoms in total. The zero-order valence-corrected chi connectivity index (χ0v) is 16.8. The van der Waals surface area contributed by atoms with E-state index in [1.165, 1.54) is 0 Å². The third-order valence-electron chi connectivity index (χ3n) is 5.68. The number of guanidine groups is 1. The number of hydrogen-bond acceptors (Lipinski definition) is 5. The van der Waals surface area contributed by atoms with Crippen LogP contribution >= 0.6 is 0 Å². The van der Waals surface area contributed by atoms with Crippen molar-refractivity contribution in [1.29, 1.82) is 0 Å². The summed E-state index contributed by atoms with van der Waals surface area (Å²) in [7, 11) is 7.86. The van der Waals surface area contributed by atoms with Gasteiger partial charge in [0, 0.05) is 58.7 Å². The van der Waals surface area contributed by atoms with Gasteiger partial charge < -0.3 is 24.8 Å². The van der Waals surface area contributed by atoms with Gasteiger partial charge in [0.1, 0.15) is 6.54 Å². The molecule has 1 aromatic heterocycles. The summed E-state index contributed by atoms with van der Waals surface area (Å²) in [5, 5.41) is 7.66. The molecule has 27 heavy (non-hydrogen) atoms. The summed E-state index contributed by atoms with van der Waals surface area (Å²) in [6.07, 6.45) is 5.56. The number of carbonyl (C=O) groups is 1. The number of nitrogens with one attached hydrogen (secondary N) is 1. The van der Waals surface area contributed by atoms with Crippen molar-refractivity contribution in [3.63, 3.8) is 0 Å². The molecule has 0 atom stereocenters. The number of likely N-dealkylation sites (N-methyl/N-ethyl adjacent to an activating group) is 1. The topological polar surface area (TPSA) is 78.2 Å². The quantitative estimate of drug-likeness (QED) is 0.576. The number of nitrogens with zero attached hydrogens (tertiary/aromatic N) is 6. The second kappa shape index (κ2) is 8.26. The Morgan fingerprint density at radius 3 is 2.67 bits per heavy atom. The molecule has 0 saturated carbocycles. The van der Waals surface area contributed by atoms with E-state index < -0.39 is 0 Å². The Balaban J connectivity index is 1.61. The number of hydrogen-bond donors (Lipinski definition) is 1. The summed E-state index contributed by atoms with van der Waals surface area (Å²) < 4.78 is 7.25. The van der Waals surface area contributed by atoms with Gasteiger partial charge in [0.05, 0.1) is 11.9 Å². The second-order valence-electron chi connectivity index (χ2n) is 7.47. The average molecular weight is 377 g/mol.